The summed E-state index contributed by atoms with van der Waals surface area (Å²) < 4.78 is 0. The SMILES string of the molecule is CC1(O)C(O)CC2CC1C2. The Bertz CT molecular complexity index is 143. The Balaban J connectivity index is 2.16. The number of rotatable bonds is 0. The smallest absolute Gasteiger partial charge is 0.0905 e. The summed E-state index contributed by atoms with van der Waals surface area (Å²) in [5.41, 5.74) is -0.783. The first-order chi connectivity index (χ1) is 4.60. The summed E-state index contributed by atoms with van der Waals surface area (Å²) in [6.45, 7) is 1.76. The Labute approximate surface area is 60.9 Å². The summed E-state index contributed by atoms with van der Waals surface area (Å²) in [6.07, 6.45) is 2.60. The van der Waals surface area contributed by atoms with Crippen molar-refractivity contribution < 1.29 is 10.2 Å². The van der Waals surface area contributed by atoms with Gasteiger partial charge in [0.15, 0.2) is 0 Å². The second kappa shape index (κ2) is 1.74. The predicted octanol–water partition coefficient (Wildman–Crippen LogP) is 0.528. The van der Waals surface area contributed by atoms with Crippen LogP contribution in [0.25, 0.3) is 0 Å². The van der Waals surface area contributed by atoms with Crippen LogP contribution in [0.4, 0.5) is 0 Å². The van der Waals surface area contributed by atoms with Crippen molar-refractivity contribution in [3.63, 3.8) is 0 Å². The zero-order valence-corrected chi connectivity index (χ0v) is 6.25. The van der Waals surface area contributed by atoms with E-state index >= 15 is 0 Å². The Morgan fingerprint density at radius 1 is 1.30 bits per heavy atom. The van der Waals surface area contributed by atoms with Crippen molar-refractivity contribution in [3.05, 3.63) is 0 Å². The van der Waals surface area contributed by atoms with Gasteiger partial charge in [0.2, 0.25) is 0 Å². The number of hydrogen-bond acceptors (Lipinski definition) is 2. The zero-order valence-electron chi connectivity index (χ0n) is 6.25. The van der Waals surface area contributed by atoms with Crippen LogP contribution >= 0.6 is 0 Å². The van der Waals surface area contributed by atoms with Crippen molar-refractivity contribution in [2.75, 3.05) is 0 Å². The molecule has 0 spiro atoms. The lowest BCUT2D eigenvalue weighted by molar-refractivity contribution is -0.181. The van der Waals surface area contributed by atoms with Gasteiger partial charge in [-0.25, -0.2) is 0 Å². The minimum Gasteiger partial charge on any atom is -0.390 e. The van der Waals surface area contributed by atoms with Crippen LogP contribution in [-0.2, 0) is 0 Å². The van der Waals surface area contributed by atoms with Crippen LogP contribution in [0.1, 0.15) is 26.2 Å². The van der Waals surface area contributed by atoms with Gasteiger partial charge in [-0.2, -0.15) is 0 Å². The molecule has 2 nitrogen and oxygen atoms in total. The Morgan fingerprint density at radius 3 is 2.20 bits per heavy atom. The van der Waals surface area contributed by atoms with Crippen LogP contribution in [0.15, 0.2) is 0 Å². The lowest BCUT2D eigenvalue weighted by Crippen LogP contribution is -2.57. The topological polar surface area (TPSA) is 40.5 Å². The molecule has 3 saturated carbocycles. The molecule has 3 rings (SSSR count). The molecule has 3 aliphatic rings. The van der Waals surface area contributed by atoms with Crippen LogP contribution in [0, 0.1) is 11.8 Å². The standard InChI is InChI=1S/C8H14O2/c1-8(10)6-2-5(3-6)4-7(8)9/h5-7,9-10H,2-4H2,1H3. The highest BCUT2D eigenvalue weighted by atomic mass is 16.3. The number of aliphatic hydroxyl groups is 2. The van der Waals surface area contributed by atoms with Gasteiger partial charge in [0.05, 0.1) is 11.7 Å². The van der Waals surface area contributed by atoms with E-state index in [2.05, 4.69) is 0 Å². The molecule has 0 aromatic heterocycles. The van der Waals surface area contributed by atoms with E-state index < -0.39 is 11.7 Å². The van der Waals surface area contributed by atoms with E-state index in [4.69, 9.17) is 0 Å². The van der Waals surface area contributed by atoms with Gasteiger partial charge in [-0.3, -0.25) is 0 Å². The second-order valence-electron chi connectivity index (χ2n) is 4.01. The lowest BCUT2D eigenvalue weighted by atomic mass is 9.57. The van der Waals surface area contributed by atoms with E-state index in [-0.39, 0.29) is 0 Å². The molecule has 3 fully saturated rings. The van der Waals surface area contributed by atoms with Crippen LogP contribution in [0.3, 0.4) is 0 Å². The average molecular weight is 142 g/mol. The molecule has 0 aromatic rings. The number of hydrogen-bond donors (Lipinski definition) is 2. The molecule has 0 aromatic carbocycles. The molecule has 0 saturated heterocycles. The van der Waals surface area contributed by atoms with Gasteiger partial charge in [0.1, 0.15) is 0 Å². The van der Waals surface area contributed by atoms with Crippen molar-refractivity contribution in [1.82, 2.24) is 0 Å². The zero-order chi connectivity index (χ0) is 7.35. The molecule has 2 heteroatoms. The fraction of sp³-hybridized carbons (Fsp3) is 1.00. The molecular weight excluding hydrogens is 128 g/mol. The first-order valence-electron chi connectivity index (χ1n) is 4.01. The quantitative estimate of drug-likeness (QED) is 0.518. The largest absolute Gasteiger partial charge is 0.390 e. The molecule has 0 radical (unpaired) electrons. The average Bonchev–Trinajstić information content (AvgIpc) is 1.72. The maximum absolute atomic E-state index is 9.70. The molecule has 0 heterocycles. The van der Waals surface area contributed by atoms with Crippen LogP contribution < -0.4 is 0 Å². The summed E-state index contributed by atoms with van der Waals surface area (Å²) in [5.74, 6) is 1.08. The maximum Gasteiger partial charge on any atom is 0.0905 e. The van der Waals surface area contributed by atoms with Gasteiger partial charge in [-0.15, -0.1) is 0 Å². The molecule has 2 atom stereocenters. The molecule has 2 bridgehead atoms. The number of fused-ring (bicyclic) bond motifs is 2. The van der Waals surface area contributed by atoms with E-state index in [1.54, 1.807) is 6.92 Å². The van der Waals surface area contributed by atoms with Gasteiger partial charge < -0.3 is 10.2 Å². The van der Waals surface area contributed by atoms with Gasteiger partial charge in [0.25, 0.3) is 0 Å². The third-order valence-electron chi connectivity index (χ3n) is 3.29. The van der Waals surface area contributed by atoms with Crippen molar-refractivity contribution in [2.45, 2.75) is 37.9 Å². The monoisotopic (exact) mass is 142 g/mol. The Kier molecular flexibility index (Phi) is 1.15. The van der Waals surface area contributed by atoms with E-state index in [1.165, 1.54) is 0 Å². The highest BCUT2D eigenvalue weighted by Crippen LogP contribution is 2.50. The molecule has 3 aliphatic carbocycles. The molecule has 2 N–H and O–H groups in total. The van der Waals surface area contributed by atoms with Crippen LogP contribution in [0.2, 0.25) is 0 Å². The fourth-order valence-electron chi connectivity index (χ4n) is 2.23. The first kappa shape index (κ1) is 6.62. The van der Waals surface area contributed by atoms with Crippen molar-refractivity contribution in [1.29, 1.82) is 0 Å². The van der Waals surface area contributed by atoms with E-state index in [0.29, 0.717) is 11.8 Å². The molecule has 58 valence electrons. The van der Waals surface area contributed by atoms with Gasteiger partial charge in [0, 0.05) is 0 Å². The minimum atomic E-state index is -0.783. The first-order valence-corrected chi connectivity index (χ1v) is 4.01. The van der Waals surface area contributed by atoms with E-state index in [9.17, 15) is 10.2 Å². The normalized spacial score (nSPS) is 59.7. The Morgan fingerprint density at radius 2 is 1.90 bits per heavy atom. The fourth-order valence-corrected chi connectivity index (χ4v) is 2.23. The minimum absolute atomic E-state index is 0.376. The Hall–Kier alpha value is -0.0800. The summed E-state index contributed by atoms with van der Waals surface area (Å²) in [5, 5.41) is 19.1. The van der Waals surface area contributed by atoms with Crippen molar-refractivity contribution in [2.24, 2.45) is 11.8 Å². The maximum atomic E-state index is 9.70. The summed E-state index contributed by atoms with van der Waals surface area (Å²) in [7, 11) is 0. The van der Waals surface area contributed by atoms with Gasteiger partial charge >= 0.3 is 0 Å². The highest BCUT2D eigenvalue weighted by molar-refractivity contribution is 5.03. The molecular formula is C8H14O2. The predicted molar refractivity (Wildman–Crippen MR) is 37.5 cm³/mol. The van der Waals surface area contributed by atoms with Crippen molar-refractivity contribution >= 4 is 0 Å². The lowest BCUT2D eigenvalue weighted by Gasteiger charge is -2.53. The highest BCUT2D eigenvalue weighted by Gasteiger charge is 2.51. The molecule has 10 heavy (non-hydrogen) atoms. The van der Waals surface area contributed by atoms with Crippen molar-refractivity contribution in [3.8, 4) is 0 Å². The van der Waals surface area contributed by atoms with Crippen LogP contribution in [0.5, 0.6) is 0 Å². The second-order valence-corrected chi connectivity index (χ2v) is 4.01. The summed E-state index contributed by atoms with van der Waals surface area (Å²) >= 11 is 0. The van der Waals surface area contributed by atoms with E-state index in [1.807, 2.05) is 0 Å². The molecule has 2 unspecified atom stereocenters. The van der Waals surface area contributed by atoms with Gasteiger partial charge in [-0.1, -0.05) is 0 Å². The van der Waals surface area contributed by atoms with E-state index in [0.717, 1.165) is 19.3 Å². The third-order valence-corrected chi connectivity index (χ3v) is 3.29. The summed E-state index contributed by atoms with van der Waals surface area (Å²) in [4.78, 5) is 0. The van der Waals surface area contributed by atoms with Gasteiger partial charge in [-0.05, 0) is 38.0 Å². The molecule has 0 amide bonds. The van der Waals surface area contributed by atoms with Crippen LogP contribution in [-0.4, -0.2) is 21.9 Å². The number of aliphatic hydroxyl groups excluding tert-OH is 1. The molecule has 0 aliphatic heterocycles. The third kappa shape index (κ3) is 0.663. The summed E-state index contributed by atoms with van der Waals surface area (Å²) in [6, 6.07) is 0.